The number of hydrogen-bond acceptors (Lipinski definition) is 4. The van der Waals surface area contributed by atoms with Crippen molar-refractivity contribution in [2.75, 3.05) is 26.3 Å². The van der Waals surface area contributed by atoms with Crippen LogP contribution in [0.15, 0.2) is 34.7 Å². The highest BCUT2D eigenvalue weighted by atomic mass is 16.5. The molecule has 0 aliphatic carbocycles. The fourth-order valence-electron chi connectivity index (χ4n) is 2.80. The molecule has 1 aromatic heterocycles. The minimum Gasteiger partial charge on any atom is -0.460 e. The van der Waals surface area contributed by atoms with E-state index in [0.717, 1.165) is 11.0 Å². The molecule has 1 aliphatic heterocycles. The summed E-state index contributed by atoms with van der Waals surface area (Å²) in [6.07, 6.45) is 0. The van der Waals surface area contributed by atoms with Gasteiger partial charge in [0.2, 0.25) is 11.8 Å². The van der Waals surface area contributed by atoms with Crippen molar-refractivity contribution < 1.29 is 18.7 Å². The van der Waals surface area contributed by atoms with Gasteiger partial charge in [-0.15, -0.1) is 0 Å². The number of morpholine rings is 1. The van der Waals surface area contributed by atoms with Crippen LogP contribution in [0.25, 0.3) is 11.0 Å². The van der Waals surface area contributed by atoms with Crippen LogP contribution in [0.3, 0.4) is 0 Å². The highest BCUT2D eigenvalue weighted by Crippen LogP contribution is 2.25. The number of nitrogens with one attached hydrogen (secondary N) is 1. The second-order valence-electron chi connectivity index (χ2n) is 6.08. The lowest BCUT2D eigenvalue weighted by atomic mass is 10.1. The van der Waals surface area contributed by atoms with Crippen molar-refractivity contribution in [3.05, 3.63) is 36.1 Å². The van der Waals surface area contributed by atoms with Gasteiger partial charge in [0.1, 0.15) is 17.4 Å². The number of carbonyl (C=O) groups excluding carboxylic acids is 2. The van der Waals surface area contributed by atoms with Gasteiger partial charge in [0.25, 0.3) is 0 Å². The van der Waals surface area contributed by atoms with E-state index in [4.69, 9.17) is 9.15 Å². The highest BCUT2D eigenvalue weighted by molar-refractivity contribution is 5.90. The third-order valence-corrected chi connectivity index (χ3v) is 4.32. The number of furan rings is 1. The van der Waals surface area contributed by atoms with E-state index in [1.807, 2.05) is 30.3 Å². The normalized spacial score (nSPS) is 17.5. The van der Waals surface area contributed by atoms with E-state index in [0.29, 0.717) is 32.1 Å². The zero-order chi connectivity index (χ0) is 17.1. The Morgan fingerprint density at radius 2 is 1.88 bits per heavy atom. The number of nitrogens with zero attached hydrogens (tertiary/aromatic N) is 1. The van der Waals surface area contributed by atoms with Crippen LogP contribution in [0.1, 0.15) is 25.5 Å². The van der Waals surface area contributed by atoms with E-state index in [9.17, 15) is 9.59 Å². The largest absolute Gasteiger partial charge is 0.460 e. The number of ether oxygens (including phenoxy) is 1. The smallest absolute Gasteiger partial charge is 0.245 e. The molecule has 0 radical (unpaired) electrons. The lowest BCUT2D eigenvalue weighted by Gasteiger charge is -2.29. The maximum atomic E-state index is 12.5. The number of carbonyl (C=O) groups is 2. The summed E-state index contributed by atoms with van der Waals surface area (Å²) in [7, 11) is 0. The molecule has 24 heavy (non-hydrogen) atoms. The molecule has 2 unspecified atom stereocenters. The predicted molar refractivity (Wildman–Crippen MR) is 89.6 cm³/mol. The van der Waals surface area contributed by atoms with Gasteiger partial charge >= 0.3 is 0 Å². The predicted octanol–water partition coefficient (Wildman–Crippen LogP) is 1.90. The zero-order valence-electron chi connectivity index (χ0n) is 14.0. The Balaban J connectivity index is 1.63. The van der Waals surface area contributed by atoms with Crippen molar-refractivity contribution in [3.63, 3.8) is 0 Å². The molecule has 1 fully saturated rings. The van der Waals surface area contributed by atoms with Crippen molar-refractivity contribution in [2.45, 2.75) is 25.8 Å². The zero-order valence-corrected chi connectivity index (χ0v) is 14.0. The van der Waals surface area contributed by atoms with E-state index in [2.05, 4.69) is 5.32 Å². The SMILES string of the molecule is CC(NC(=O)C(C)c1cc2ccccc2o1)C(=O)N1CCOCC1. The van der Waals surface area contributed by atoms with Gasteiger partial charge in [-0.2, -0.15) is 0 Å². The van der Waals surface area contributed by atoms with Gasteiger partial charge in [-0.1, -0.05) is 18.2 Å². The third kappa shape index (κ3) is 3.43. The van der Waals surface area contributed by atoms with Crippen LogP contribution in [0.5, 0.6) is 0 Å². The van der Waals surface area contributed by atoms with E-state index in [1.165, 1.54) is 0 Å². The van der Waals surface area contributed by atoms with E-state index in [-0.39, 0.29) is 11.8 Å². The maximum Gasteiger partial charge on any atom is 0.245 e. The average Bonchev–Trinajstić information content (AvgIpc) is 3.05. The first-order valence-electron chi connectivity index (χ1n) is 8.21. The Kier molecular flexibility index (Phi) is 4.85. The van der Waals surface area contributed by atoms with Gasteiger partial charge in [-0.25, -0.2) is 0 Å². The molecule has 2 aromatic rings. The summed E-state index contributed by atoms with van der Waals surface area (Å²) in [5, 5.41) is 3.75. The minimum atomic E-state index is -0.567. The third-order valence-electron chi connectivity index (χ3n) is 4.32. The van der Waals surface area contributed by atoms with E-state index in [1.54, 1.807) is 18.7 Å². The molecule has 0 saturated carbocycles. The van der Waals surface area contributed by atoms with Gasteiger partial charge in [-0.3, -0.25) is 9.59 Å². The van der Waals surface area contributed by atoms with Crippen LogP contribution < -0.4 is 5.32 Å². The van der Waals surface area contributed by atoms with Gasteiger partial charge in [0.15, 0.2) is 0 Å². The van der Waals surface area contributed by atoms with Crippen LogP contribution in [0.4, 0.5) is 0 Å². The molecule has 1 aromatic carbocycles. The number of amides is 2. The molecule has 2 atom stereocenters. The first-order chi connectivity index (χ1) is 11.6. The molecular weight excluding hydrogens is 308 g/mol. The van der Waals surface area contributed by atoms with Crippen molar-refractivity contribution in [2.24, 2.45) is 0 Å². The van der Waals surface area contributed by atoms with Crippen molar-refractivity contribution in [1.29, 1.82) is 0 Å². The van der Waals surface area contributed by atoms with E-state index >= 15 is 0 Å². The lowest BCUT2D eigenvalue weighted by molar-refractivity contribution is -0.139. The number of rotatable bonds is 4. The van der Waals surface area contributed by atoms with Gasteiger partial charge in [-0.05, 0) is 26.0 Å². The molecule has 1 aliphatic rings. The Morgan fingerprint density at radius 3 is 2.58 bits per heavy atom. The Morgan fingerprint density at radius 1 is 1.17 bits per heavy atom. The maximum absolute atomic E-state index is 12.5. The number of hydrogen-bond donors (Lipinski definition) is 1. The number of fused-ring (bicyclic) bond motifs is 1. The summed E-state index contributed by atoms with van der Waals surface area (Å²) in [6.45, 7) is 5.71. The highest BCUT2D eigenvalue weighted by Gasteiger charge is 2.26. The minimum absolute atomic E-state index is 0.0801. The van der Waals surface area contributed by atoms with E-state index < -0.39 is 12.0 Å². The Bertz CT molecular complexity index is 700. The molecular formula is C18H22N2O4. The van der Waals surface area contributed by atoms with Crippen LogP contribution in [0, 0.1) is 0 Å². The molecule has 0 bridgehead atoms. The second-order valence-corrected chi connectivity index (χ2v) is 6.08. The Labute approximate surface area is 140 Å². The fourth-order valence-corrected chi connectivity index (χ4v) is 2.80. The molecule has 6 nitrogen and oxygen atoms in total. The number of benzene rings is 1. The molecule has 2 heterocycles. The van der Waals surface area contributed by atoms with Crippen LogP contribution in [0.2, 0.25) is 0 Å². The molecule has 2 amide bonds. The van der Waals surface area contributed by atoms with Gasteiger partial charge < -0.3 is 19.4 Å². The first kappa shape index (κ1) is 16.5. The summed E-state index contributed by atoms with van der Waals surface area (Å²) >= 11 is 0. The molecule has 1 N–H and O–H groups in total. The topological polar surface area (TPSA) is 71.8 Å². The van der Waals surface area contributed by atoms with Crippen LogP contribution >= 0.6 is 0 Å². The summed E-state index contributed by atoms with van der Waals surface area (Å²) in [5.41, 5.74) is 0.754. The standard InChI is InChI=1S/C18H22N2O4/c1-12(16-11-14-5-3-4-6-15(14)24-16)17(21)19-13(2)18(22)20-7-9-23-10-8-20/h3-6,11-13H,7-10H2,1-2H3,(H,19,21). The van der Waals surface area contributed by atoms with Crippen molar-refractivity contribution in [3.8, 4) is 0 Å². The lowest BCUT2D eigenvalue weighted by Crippen LogP contribution is -2.51. The van der Waals surface area contributed by atoms with Crippen molar-refractivity contribution >= 4 is 22.8 Å². The Hall–Kier alpha value is -2.34. The summed E-state index contributed by atoms with van der Waals surface area (Å²) in [5.74, 6) is -0.163. The van der Waals surface area contributed by atoms with Crippen LogP contribution in [-0.4, -0.2) is 49.1 Å². The summed E-state index contributed by atoms with van der Waals surface area (Å²) in [4.78, 5) is 26.5. The molecule has 128 valence electrons. The monoisotopic (exact) mass is 330 g/mol. The van der Waals surface area contributed by atoms with Crippen LogP contribution in [-0.2, 0) is 14.3 Å². The first-order valence-corrected chi connectivity index (χ1v) is 8.21. The quantitative estimate of drug-likeness (QED) is 0.929. The second kappa shape index (κ2) is 7.05. The summed E-state index contributed by atoms with van der Waals surface area (Å²) in [6, 6.07) is 8.93. The fraction of sp³-hybridized carbons (Fsp3) is 0.444. The summed E-state index contributed by atoms with van der Waals surface area (Å²) < 4.78 is 11.0. The number of para-hydroxylation sites is 1. The van der Waals surface area contributed by atoms with Gasteiger partial charge in [0, 0.05) is 18.5 Å². The van der Waals surface area contributed by atoms with Gasteiger partial charge in [0.05, 0.1) is 19.1 Å². The average molecular weight is 330 g/mol. The molecule has 3 rings (SSSR count). The molecule has 6 heteroatoms. The molecule has 0 spiro atoms. The molecule has 1 saturated heterocycles. The van der Waals surface area contributed by atoms with Crippen molar-refractivity contribution in [1.82, 2.24) is 10.2 Å².